The number of rotatable bonds is 9. The van der Waals surface area contributed by atoms with E-state index in [2.05, 4.69) is 4.99 Å². The quantitative estimate of drug-likeness (QED) is 0.147. The summed E-state index contributed by atoms with van der Waals surface area (Å²) in [6, 6.07) is -0.482. The smallest absolute Gasteiger partial charge is 0.387 e. The summed E-state index contributed by atoms with van der Waals surface area (Å²) in [5.41, 5.74) is -1.77. The van der Waals surface area contributed by atoms with Crippen LogP contribution in [0.5, 0.6) is 0 Å². The van der Waals surface area contributed by atoms with Crippen molar-refractivity contribution in [2.24, 2.45) is 15.8 Å². The maximum atomic E-state index is 12.9. The lowest BCUT2D eigenvalue weighted by Crippen LogP contribution is -2.24. The molecular weight excluding hydrogens is 476 g/mol. The molecule has 192 valence electrons. The molecule has 1 aliphatic rings. The van der Waals surface area contributed by atoms with E-state index in [1.54, 1.807) is 41.5 Å². The molecule has 0 aromatic heterocycles. The van der Waals surface area contributed by atoms with Crippen molar-refractivity contribution in [3.05, 3.63) is 0 Å². The van der Waals surface area contributed by atoms with Gasteiger partial charge in [-0.2, -0.15) is 0 Å². The van der Waals surface area contributed by atoms with E-state index in [0.717, 1.165) is 25.7 Å². The first-order valence-electron chi connectivity index (χ1n) is 10.8. The van der Waals surface area contributed by atoms with Crippen molar-refractivity contribution in [3.63, 3.8) is 0 Å². The van der Waals surface area contributed by atoms with Crippen LogP contribution in [0, 0.1) is 10.8 Å². The molecule has 33 heavy (non-hydrogen) atoms. The average Bonchev–Trinajstić information content (AvgIpc) is 2.92. The van der Waals surface area contributed by atoms with Crippen molar-refractivity contribution in [1.29, 1.82) is 0 Å². The van der Waals surface area contributed by atoms with Gasteiger partial charge in [0.2, 0.25) is 18.8 Å². The molecule has 1 rings (SSSR count). The number of hydrogen-bond acceptors (Lipinski definition) is 9. The van der Waals surface area contributed by atoms with Crippen molar-refractivity contribution in [1.82, 2.24) is 0 Å². The third-order valence-electron chi connectivity index (χ3n) is 4.69. The molecule has 11 nitrogen and oxygen atoms in total. The van der Waals surface area contributed by atoms with E-state index < -0.39 is 62.8 Å². The van der Waals surface area contributed by atoms with E-state index in [0.29, 0.717) is 12.8 Å². The predicted octanol–water partition coefficient (Wildman–Crippen LogP) is 4.56. The lowest BCUT2D eigenvalue weighted by molar-refractivity contribution is -0.160. The molecule has 0 aromatic carbocycles. The number of nitrogens with zero attached hydrogens (tertiary/aromatic N) is 1. The van der Waals surface area contributed by atoms with Gasteiger partial charge in [0.25, 0.3) is 0 Å². The largest absolute Gasteiger partial charge is 0.438 e. The molecule has 0 heterocycles. The summed E-state index contributed by atoms with van der Waals surface area (Å²) in [6.07, 6.45) is 4.66. The van der Waals surface area contributed by atoms with Gasteiger partial charge in [-0.05, 0) is 54.4 Å². The third-order valence-corrected chi connectivity index (χ3v) is 8.36. The summed E-state index contributed by atoms with van der Waals surface area (Å²) in [5, 5.41) is -1.07. The minimum Gasteiger partial charge on any atom is -0.438 e. The Labute approximate surface area is 195 Å². The predicted molar refractivity (Wildman–Crippen MR) is 122 cm³/mol. The maximum absolute atomic E-state index is 12.9. The van der Waals surface area contributed by atoms with Gasteiger partial charge >= 0.3 is 27.1 Å². The SMILES string of the molecule is CC(C)(C)C(=O)OCOP(=O)(O)C(=NC1CCCCCC1)P(=O)(O)OCOC(=O)C(C)(C)C. The van der Waals surface area contributed by atoms with Crippen LogP contribution >= 0.6 is 15.2 Å². The maximum Gasteiger partial charge on any atom is 0.387 e. The Hall–Kier alpha value is -1.09. The van der Waals surface area contributed by atoms with E-state index >= 15 is 0 Å². The summed E-state index contributed by atoms with van der Waals surface area (Å²) < 4.78 is 45.1. The average molecular weight is 513 g/mol. The highest BCUT2D eigenvalue weighted by Gasteiger charge is 2.45. The second kappa shape index (κ2) is 12.0. The fourth-order valence-corrected chi connectivity index (χ4v) is 5.57. The summed E-state index contributed by atoms with van der Waals surface area (Å²) in [6.45, 7) is 7.66. The van der Waals surface area contributed by atoms with Crippen LogP contribution in [0.25, 0.3) is 0 Å². The van der Waals surface area contributed by atoms with Crippen molar-refractivity contribution in [2.75, 3.05) is 13.6 Å². The number of ether oxygens (including phenoxy) is 2. The van der Waals surface area contributed by atoms with Gasteiger partial charge in [0.05, 0.1) is 16.9 Å². The number of carbonyl (C=O) groups is 2. The van der Waals surface area contributed by atoms with Crippen LogP contribution in [-0.4, -0.2) is 46.5 Å². The van der Waals surface area contributed by atoms with Crippen LogP contribution in [0.3, 0.4) is 0 Å². The second-order valence-corrected chi connectivity index (χ2v) is 13.8. The molecule has 13 heteroatoms. The van der Waals surface area contributed by atoms with Crippen molar-refractivity contribution < 1.29 is 47.0 Å². The second-order valence-electron chi connectivity index (χ2n) is 9.97. The first-order valence-corrected chi connectivity index (χ1v) is 14.0. The van der Waals surface area contributed by atoms with Crippen LogP contribution < -0.4 is 0 Å². The minimum atomic E-state index is -5.02. The number of carbonyl (C=O) groups excluding carboxylic acids is 2. The molecule has 0 spiro atoms. The molecule has 1 aliphatic carbocycles. The number of esters is 2. The number of aliphatic imine (C=N–C) groups is 1. The zero-order valence-corrected chi connectivity index (χ0v) is 22.0. The first-order chi connectivity index (χ1) is 15.0. The van der Waals surface area contributed by atoms with E-state index in [9.17, 15) is 28.5 Å². The van der Waals surface area contributed by atoms with Gasteiger partial charge in [-0.1, -0.05) is 25.7 Å². The van der Waals surface area contributed by atoms with Crippen LogP contribution in [0.4, 0.5) is 0 Å². The Bertz CT molecular complexity index is 751. The van der Waals surface area contributed by atoms with Crippen molar-refractivity contribution in [3.8, 4) is 0 Å². The topological polar surface area (TPSA) is 158 Å². The van der Waals surface area contributed by atoms with Crippen LogP contribution in [0.2, 0.25) is 0 Å². The normalized spacial score (nSPS) is 19.5. The Morgan fingerprint density at radius 3 is 1.48 bits per heavy atom. The van der Waals surface area contributed by atoms with Crippen LogP contribution in [-0.2, 0) is 37.2 Å². The highest BCUT2D eigenvalue weighted by molar-refractivity contribution is 7.98. The van der Waals surface area contributed by atoms with Gasteiger partial charge in [0.15, 0.2) is 0 Å². The van der Waals surface area contributed by atoms with E-state index in [4.69, 9.17) is 18.5 Å². The number of hydrogen-bond donors (Lipinski definition) is 2. The lowest BCUT2D eigenvalue weighted by Gasteiger charge is -2.22. The van der Waals surface area contributed by atoms with Gasteiger partial charge in [0, 0.05) is 0 Å². The van der Waals surface area contributed by atoms with E-state index in [1.807, 2.05) is 0 Å². The molecule has 0 radical (unpaired) electrons. The van der Waals surface area contributed by atoms with Gasteiger partial charge in [0.1, 0.15) is 0 Å². The molecule has 1 fully saturated rings. The fourth-order valence-electron chi connectivity index (χ4n) is 2.71. The molecule has 0 bridgehead atoms. The molecule has 0 amide bonds. The Morgan fingerprint density at radius 2 is 1.15 bits per heavy atom. The summed E-state index contributed by atoms with van der Waals surface area (Å²) in [5.74, 6) is -1.38. The molecule has 0 aliphatic heterocycles. The standard InChI is InChI=1S/C20H37NO10P2/c1-19(2,3)16(22)28-13-30-32(24,25)18(21-15-11-9-7-8-10-12-15)33(26,27)31-14-29-17(23)20(4,5)6/h15H,7-14H2,1-6H3,(H,24,25)(H,26,27). The van der Waals surface area contributed by atoms with E-state index in [-0.39, 0.29) is 0 Å². The van der Waals surface area contributed by atoms with Gasteiger partial charge in [-0.3, -0.25) is 32.8 Å². The molecule has 1 saturated carbocycles. The third kappa shape index (κ3) is 10.4. The van der Waals surface area contributed by atoms with Crippen molar-refractivity contribution in [2.45, 2.75) is 86.1 Å². The lowest BCUT2D eigenvalue weighted by atomic mass is 9.98. The van der Waals surface area contributed by atoms with Crippen molar-refractivity contribution >= 4 is 32.3 Å². The zero-order valence-electron chi connectivity index (χ0n) is 20.2. The Morgan fingerprint density at radius 1 is 0.788 bits per heavy atom. The molecule has 2 unspecified atom stereocenters. The molecule has 0 saturated heterocycles. The molecular formula is C20H37NO10P2. The summed E-state index contributed by atoms with van der Waals surface area (Å²) in [4.78, 5) is 48.8. The minimum absolute atomic E-state index is 0.482. The van der Waals surface area contributed by atoms with Gasteiger partial charge in [-0.15, -0.1) is 0 Å². The Balaban J connectivity index is 3.06. The molecule has 2 N–H and O–H groups in total. The first kappa shape index (κ1) is 29.9. The fraction of sp³-hybridized carbons (Fsp3) is 0.850. The highest BCUT2D eigenvalue weighted by Crippen LogP contribution is 2.61. The van der Waals surface area contributed by atoms with Gasteiger partial charge in [-0.25, -0.2) is 0 Å². The van der Waals surface area contributed by atoms with Crippen LogP contribution in [0.1, 0.15) is 80.1 Å². The zero-order chi connectivity index (χ0) is 25.5. The van der Waals surface area contributed by atoms with E-state index in [1.165, 1.54) is 0 Å². The summed E-state index contributed by atoms with van der Waals surface area (Å²) in [7, 11) is -10.0. The van der Waals surface area contributed by atoms with Gasteiger partial charge < -0.3 is 19.3 Å². The highest BCUT2D eigenvalue weighted by atomic mass is 31.2. The summed E-state index contributed by atoms with van der Waals surface area (Å²) >= 11 is 0. The molecule has 2 atom stereocenters. The molecule has 0 aromatic rings. The van der Waals surface area contributed by atoms with Crippen LogP contribution in [0.15, 0.2) is 4.99 Å². The monoisotopic (exact) mass is 513 g/mol. The Kier molecular flexibility index (Phi) is 10.9.